The van der Waals surface area contributed by atoms with Crippen molar-refractivity contribution in [1.29, 1.82) is 0 Å². The average Bonchev–Trinajstić information content (AvgIpc) is 2.05. The SMILES string of the molecule is C=CC(N)=O.O=C(O)CCCCO. The highest BCUT2D eigenvalue weighted by atomic mass is 16.4. The number of hydrogen-bond donors (Lipinski definition) is 3. The van der Waals surface area contributed by atoms with Crippen LogP contribution in [0.2, 0.25) is 0 Å². The zero-order valence-electron chi connectivity index (χ0n) is 7.40. The Kier molecular flexibility index (Phi) is 11.6. The van der Waals surface area contributed by atoms with Gasteiger partial charge in [0.2, 0.25) is 5.91 Å². The smallest absolute Gasteiger partial charge is 0.303 e. The number of carboxylic acid groups (broad SMARTS) is 1. The van der Waals surface area contributed by atoms with Gasteiger partial charge in [-0.2, -0.15) is 0 Å². The first-order valence-corrected chi connectivity index (χ1v) is 3.79. The van der Waals surface area contributed by atoms with Gasteiger partial charge in [-0.3, -0.25) is 9.59 Å². The van der Waals surface area contributed by atoms with Crippen LogP contribution in [-0.4, -0.2) is 28.7 Å². The summed E-state index contributed by atoms with van der Waals surface area (Å²) in [4.78, 5) is 19.3. The minimum Gasteiger partial charge on any atom is -0.481 e. The van der Waals surface area contributed by atoms with Crippen molar-refractivity contribution in [2.45, 2.75) is 19.3 Å². The highest BCUT2D eigenvalue weighted by Gasteiger charge is 1.93. The largest absolute Gasteiger partial charge is 0.481 e. The molecule has 0 fully saturated rings. The van der Waals surface area contributed by atoms with Crippen molar-refractivity contribution in [3.8, 4) is 0 Å². The van der Waals surface area contributed by atoms with Crippen molar-refractivity contribution in [3.05, 3.63) is 12.7 Å². The van der Waals surface area contributed by atoms with E-state index in [0.29, 0.717) is 12.8 Å². The molecule has 0 saturated carbocycles. The fraction of sp³-hybridized carbons (Fsp3) is 0.500. The van der Waals surface area contributed by atoms with Crippen molar-refractivity contribution in [3.63, 3.8) is 0 Å². The zero-order valence-corrected chi connectivity index (χ0v) is 7.40. The highest BCUT2D eigenvalue weighted by Crippen LogP contribution is 1.92. The van der Waals surface area contributed by atoms with Crippen molar-refractivity contribution in [1.82, 2.24) is 0 Å². The first-order valence-electron chi connectivity index (χ1n) is 3.79. The number of aliphatic hydroxyl groups is 1. The van der Waals surface area contributed by atoms with Crippen LogP contribution >= 0.6 is 0 Å². The van der Waals surface area contributed by atoms with Crippen molar-refractivity contribution < 1.29 is 19.8 Å². The number of carbonyl (C=O) groups is 2. The maximum Gasteiger partial charge on any atom is 0.303 e. The minimum absolute atomic E-state index is 0.0906. The van der Waals surface area contributed by atoms with Crippen molar-refractivity contribution in [2.24, 2.45) is 5.73 Å². The number of unbranched alkanes of at least 4 members (excludes halogenated alkanes) is 1. The van der Waals surface area contributed by atoms with Gasteiger partial charge < -0.3 is 15.9 Å². The predicted molar refractivity (Wildman–Crippen MR) is 48.0 cm³/mol. The van der Waals surface area contributed by atoms with Crippen LogP contribution in [0.4, 0.5) is 0 Å². The number of nitrogens with two attached hydrogens (primary N) is 1. The van der Waals surface area contributed by atoms with Gasteiger partial charge in [-0.1, -0.05) is 6.58 Å². The molecule has 13 heavy (non-hydrogen) atoms. The molecule has 0 aliphatic heterocycles. The molecule has 5 nitrogen and oxygen atoms in total. The molecule has 4 N–H and O–H groups in total. The van der Waals surface area contributed by atoms with E-state index in [1.165, 1.54) is 0 Å². The van der Waals surface area contributed by atoms with E-state index in [1.54, 1.807) is 0 Å². The highest BCUT2D eigenvalue weighted by molar-refractivity contribution is 5.84. The number of primary amides is 1. The molecule has 1 amide bonds. The zero-order chi connectivity index (χ0) is 10.7. The molecule has 0 radical (unpaired) electrons. The Morgan fingerprint density at radius 1 is 1.38 bits per heavy atom. The monoisotopic (exact) mass is 189 g/mol. The molecule has 0 atom stereocenters. The Morgan fingerprint density at radius 2 is 1.85 bits per heavy atom. The van der Waals surface area contributed by atoms with Crippen LogP contribution in [0.25, 0.3) is 0 Å². The molecule has 0 aromatic heterocycles. The Bertz CT molecular complexity index is 168. The molecule has 0 aliphatic rings. The average molecular weight is 189 g/mol. The van der Waals surface area contributed by atoms with E-state index in [4.69, 9.17) is 10.2 Å². The third-order valence-electron chi connectivity index (χ3n) is 1.000. The van der Waals surface area contributed by atoms with Crippen molar-refractivity contribution >= 4 is 11.9 Å². The van der Waals surface area contributed by atoms with Crippen LogP contribution in [0.1, 0.15) is 19.3 Å². The first-order chi connectivity index (χ1) is 6.04. The van der Waals surface area contributed by atoms with Gasteiger partial charge in [0, 0.05) is 13.0 Å². The Labute approximate surface area is 76.9 Å². The van der Waals surface area contributed by atoms with Crippen LogP contribution in [0, 0.1) is 0 Å². The summed E-state index contributed by atoms with van der Waals surface area (Å²) in [6, 6.07) is 0. The number of carbonyl (C=O) groups excluding carboxylic acids is 1. The Morgan fingerprint density at radius 3 is 2.08 bits per heavy atom. The molecule has 0 saturated heterocycles. The molecule has 0 aromatic rings. The topological polar surface area (TPSA) is 101 Å². The van der Waals surface area contributed by atoms with Gasteiger partial charge in [0.1, 0.15) is 0 Å². The number of rotatable bonds is 5. The summed E-state index contributed by atoms with van der Waals surface area (Å²) < 4.78 is 0. The second-order valence-electron chi connectivity index (χ2n) is 2.18. The lowest BCUT2D eigenvalue weighted by molar-refractivity contribution is -0.137. The normalized spacial score (nSPS) is 8.08. The lowest BCUT2D eigenvalue weighted by atomic mass is 10.2. The minimum atomic E-state index is -0.793. The van der Waals surface area contributed by atoms with Gasteiger partial charge in [-0.25, -0.2) is 0 Å². The quantitative estimate of drug-likeness (QED) is 0.415. The number of amides is 1. The maximum atomic E-state index is 9.79. The fourth-order valence-corrected chi connectivity index (χ4v) is 0.388. The molecule has 0 unspecified atom stereocenters. The van der Waals surface area contributed by atoms with Crippen molar-refractivity contribution in [2.75, 3.05) is 6.61 Å². The molecule has 0 heterocycles. The second-order valence-corrected chi connectivity index (χ2v) is 2.18. The summed E-state index contributed by atoms with van der Waals surface area (Å²) in [6.45, 7) is 3.18. The van der Waals surface area contributed by atoms with E-state index in [-0.39, 0.29) is 13.0 Å². The van der Waals surface area contributed by atoms with Crippen LogP contribution in [0.5, 0.6) is 0 Å². The van der Waals surface area contributed by atoms with E-state index in [0.717, 1.165) is 6.08 Å². The summed E-state index contributed by atoms with van der Waals surface area (Å²) in [5.74, 6) is -1.27. The molecule has 76 valence electrons. The molecule has 0 spiro atoms. The van der Waals surface area contributed by atoms with Crippen LogP contribution < -0.4 is 5.73 Å². The van der Waals surface area contributed by atoms with Gasteiger partial charge in [0.25, 0.3) is 0 Å². The third kappa shape index (κ3) is 25.0. The molecule has 5 heteroatoms. The first kappa shape index (κ1) is 14.2. The molecule has 0 aliphatic carbocycles. The number of aliphatic carboxylic acids is 1. The fourth-order valence-electron chi connectivity index (χ4n) is 0.388. The van der Waals surface area contributed by atoms with E-state index in [2.05, 4.69) is 12.3 Å². The van der Waals surface area contributed by atoms with Crippen LogP contribution in [0.15, 0.2) is 12.7 Å². The van der Waals surface area contributed by atoms with E-state index < -0.39 is 11.9 Å². The summed E-state index contributed by atoms with van der Waals surface area (Å²) in [5.41, 5.74) is 4.53. The Balaban J connectivity index is 0. The van der Waals surface area contributed by atoms with Crippen LogP contribution in [-0.2, 0) is 9.59 Å². The maximum absolute atomic E-state index is 9.79. The lowest BCUT2D eigenvalue weighted by Crippen LogP contribution is -2.04. The summed E-state index contributed by atoms with van der Waals surface area (Å²) in [5, 5.41) is 16.2. The van der Waals surface area contributed by atoms with E-state index >= 15 is 0 Å². The molecule has 0 aromatic carbocycles. The van der Waals surface area contributed by atoms with Gasteiger partial charge in [0.15, 0.2) is 0 Å². The van der Waals surface area contributed by atoms with Gasteiger partial charge in [-0.15, -0.1) is 0 Å². The summed E-state index contributed by atoms with van der Waals surface area (Å²) in [7, 11) is 0. The summed E-state index contributed by atoms with van der Waals surface area (Å²) in [6.07, 6.45) is 2.39. The molecular formula is C8H15NO4. The Hall–Kier alpha value is -1.36. The molecule has 0 bridgehead atoms. The number of hydrogen-bond acceptors (Lipinski definition) is 3. The summed E-state index contributed by atoms with van der Waals surface area (Å²) >= 11 is 0. The number of carboxylic acids is 1. The van der Waals surface area contributed by atoms with E-state index in [9.17, 15) is 9.59 Å². The second kappa shape index (κ2) is 10.6. The van der Waals surface area contributed by atoms with Gasteiger partial charge in [0.05, 0.1) is 0 Å². The molecule has 0 rings (SSSR count). The third-order valence-corrected chi connectivity index (χ3v) is 1.000. The van der Waals surface area contributed by atoms with E-state index in [1.807, 2.05) is 0 Å². The van der Waals surface area contributed by atoms with Gasteiger partial charge in [-0.05, 0) is 18.9 Å². The molecular weight excluding hydrogens is 174 g/mol. The van der Waals surface area contributed by atoms with Gasteiger partial charge >= 0.3 is 5.97 Å². The predicted octanol–water partition coefficient (Wildman–Crippen LogP) is -0.109. The number of aliphatic hydroxyl groups excluding tert-OH is 1. The van der Waals surface area contributed by atoms with Crippen LogP contribution in [0.3, 0.4) is 0 Å². The standard InChI is InChI=1S/C5H10O3.C3H5NO/c6-4-2-1-3-5(7)8;1-2-3(4)5/h6H,1-4H2,(H,7,8);2H,1H2,(H2,4,5). The lowest BCUT2D eigenvalue weighted by Gasteiger charge is -1.89.